The molecule has 3 heterocycles. The number of piperazine rings is 1. The van der Waals surface area contributed by atoms with Gasteiger partial charge >= 0.3 is 5.69 Å². The van der Waals surface area contributed by atoms with Gasteiger partial charge in [0.2, 0.25) is 0 Å². The van der Waals surface area contributed by atoms with Crippen LogP contribution in [-0.4, -0.2) is 52.4 Å². The molecule has 0 aliphatic carbocycles. The van der Waals surface area contributed by atoms with Crippen molar-refractivity contribution in [3.05, 3.63) is 64.7 Å². The van der Waals surface area contributed by atoms with Crippen LogP contribution in [0.5, 0.6) is 5.75 Å². The van der Waals surface area contributed by atoms with E-state index in [1.165, 1.54) is 5.56 Å². The first-order chi connectivity index (χ1) is 12.8. The number of benzene rings is 1. The summed E-state index contributed by atoms with van der Waals surface area (Å²) < 4.78 is 8.67. The molecule has 0 radical (unpaired) electrons. The quantitative estimate of drug-likeness (QED) is 0.746. The summed E-state index contributed by atoms with van der Waals surface area (Å²) in [6.07, 6.45) is 1.75. The lowest BCUT2D eigenvalue weighted by molar-refractivity contribution is 0.151. The summed E-state index contributed by atoms with van der Waals surface area (Å²) in [6.45, 7) is 4.04. The van der Waals surface area contributed by atoms with Gasteiger partial charge in [-0.1, -0.05) is 24.3 Å². The van der Waals surface area contributed by atoms with Gasteiger partial charge in [-0.2, -0.15) is 0 Å². The maximum atomic E-state index is 12.5. The SMILES string of the molecule is COc1ccccc1C1CNCCN1CCn1nc2ccccn2c1=O. The average molecular weight is 353 g/mol. The Kier molecular flexibility index (Phi) is 4.73. The Morgan fingerprint density at radius 2 is 2.04 bits per heavy atom. The standard InChI is InChI=1S/C19H23N5O2/c1-26-17-7-3-2-6-15(17)16-14-20-9-11-22(16)12-13-24-19(25)23-10-5-4-8-18(23)21-24/h2-8,10,16,20H,9,11-14H2,1H3. The van der Waals surface area contributed by atoms with E-state index in [-0.39, 0.29) is 11.7 Å². The number of rotatable bonds is 5. The van der Waals surface area contributed by atoms with E-state index >= 15 is 0 Å². The molecule has 4 rings (SSSR count). The zero-order chi connectivity index (χ0) is 17.9. The molecule has 1 aliphatic rings. The predicted molar refractivity (Wildman–Crippen MR) is 99.6 cm³/mol. The van der Waals surface area contributed by atoms with Crippen LogP contribution in [-0.2, 0) is 6.54 Å². The fourth-order valence-electron chi connectivity index (χ4n) is 3.60. The largest absolute Gasteiger partial charge is 0.496 e. The molecule has 26 heavy (non-hydrogen) atoms. The molecule has 136 valence electrons. The molecular weight excluding hydrogens is 330 g/mol. The van der Waals surface area contributed by atoms with Gasteiger partial charge in [-0.05, 0) is 18.2 Å². The number of fused-ring (bicyclic) bond motifs is 1. The predicted octanol–water partition coefficient (Wildman–Crippen LogP) is 1.15. The van der Waals surface area contributed by atoms with Gasteiger partial charge < -0.3 is 10.1 Å². The number of hydrogen-bond donors (Lipinski definition) is 1. The van der Waals surface area contributed by atoms with Crippen molar-refractivity contribution in [2.45, 2.75) is 12.6 Å². The van der Waals surface area contributed by atoms with E-state index in [0.717, 1.165) is 31.9 Å². The molecule has 0 spiro atoms. The smallest absolute Gasteiger partial charge is 0.350 e. The monoisotopic (exact) mass is 353 g/mol. The molecule has 2 aromatic heterocycles. The summed E-state index contributed by atoms with van der Waals surface area (Å²) in [7, 11) is 1.70. The zero-order valence-corrected chi connectivity index (χ0v) is 14.8. The van der Waals surface area contributed by atoms with Crippen LogP contribution < -0.4 is 15.7 Å². The van der Waals surface area contributed by atoms with Gasteiger partial charge in [0.25, 0.3) is 0 Å². The second-order valence-electron chi connectivity index (χ2n) is 6.43. The summed E-state index contributed by atoms with van der Waals surface area (Å²) in [5, 5.41) is 7.89. The Hall–Kier alpha value is -2.64. The highest BCUT2D eigenvalue weighted by atomic mass is 16.5. The van der Waals surface area contributed by atoms with Gasteiger partial charge in [-0.15, -0.1) is 5.10 Å². The van der Waals surface area contributed by atoms with Gasteiger partial charge in [0, 0.05) is 37.9 Å². The highest BCUT2D eigenvalue weighted by molar-refractivity contribution is 5.37. The molecular formula is C19H23N5O2. The maximum absolute atomic E-state index is 12.5. The molecule has 0 amide bonds. The molecule has 1 atom stereocenters. The van der Waals surface area contributed by atoms with Crippen LogP contribution in [0.2, 0.25) is 0 Å². The molecule has 0 saturated carbocycles. The first-order valence-corrected chi connectivity index (χ1v) is 8.90. The second-order valence-corrected chi connectivity index (χ2v) is 6.43. The summed E-state index contributed by atoms with van der Waals surface area (Å²) in [5.41, 5.74) is 1.76. The Bertz CT molecular complexity index is 948. The zero-order valence-electron chi connectivity index (χ0n) is 14.8. The van der Waals surface area contributed by atoms with Gasteiger partial charge in [0.15, 0.2) is 5.65 Å². The van der Waals surface area contributed by atoms with E-state index in [1.54, 1.807) is 22.4 Å². The van der Waals surface area contributed by atoms with Crippen molar-refractivity contribution < 1.29 is 4.74 Å². The molecule has 0 bridgehead atoms. The summed E-state index contributed by atoms with van der Waals surface area (Å²) in [5.74, 6) is 0.899. The lowest BCUT2D eigenvalue weighted by Gasteiger charge is -2.36. The third-order valence-corrected chi connectivity index (χ3v) is 4.94. The van der Waals surface area contributed by atoms with Crippen LogP contribution in [0, 0.1) is 0 Å². The van der Waals surface area contributed by atoms with Gasteiger partial charge in [-0.25, -0.2) is 9.48 Å². The summed E-state index contributed by atoms with van der Waals surface area (Å²) in [4.78, 5) is 14.9. The number of ether oxygens (including phenoxy) is 1. The minimum absolute atomic E-state index is 0.0930. The van der Waals surface area contributed by atoms with Gasteiger partial charge in [0.1, 0.15) is 5.75 Å². The fourth-order valence-corrected chi connectivity index (χ4v) is 3.60. The number of aromatic nitrogens is 3. The van der Waals surface area contributed by atoms with Crippen molar-refractivity contribution in [2.24, 2.45) is 0 Å². The van der Waals surface area contributed by atoms with Crippen molar-refractivity contribution in [1.29, 1.82) is 0 Å². The molecule has 1 N–H and O–H groups in total. The molecule has 7 nitrogen and oxygen atoms in total. The van der Waals surface area contributed by atoms with Crippen LogP contribution >= 0.6 is 0 Å². The number of pyridine rings is 1. The van der Waals surface area contributed by atoms with Crippen molar-refractivity contribution in [1.82, 2.24) is 24.4 Å². The molecule has 1 fully saturated rings. The molecule has 1 aromatic carbocycles. The Morgan fingerprint density at radius 1 is 1.19 bits per heavy atom. The molecule has 1 saturated heterocycles. The van der Waals surface area contributed by atoms with E-state index in [4.69, 9.17) is 4.74 Å². The first kappa shape index (κ1) is 16.8. The molecule has 7 heteroatoms. The van der Waals surface area contributed by atoms with Crippen LogP contribution in [0.25, 0.3) is 5.65 Å². The topological polar surface area (TPSA) is 63.8 Å². The van der Waals surface area contributed by atoms with Gasteiger partial charge in [-0.3, -0.25) is 9.30 Å². The highest BCUT2D eigenvalue weighted by Crippen LogP contribution is 2.29. The van der Waals surface area contributed by atoms with Crippen molar-refractivity contribution in [3.8, 4) is 5.75 Å². The van der Waals surface area contributed by atoms with Crippen LogP contribution in [0.1, 0.15) is 11.6 Å². The summed E-state index contributed by atoms with van der Waals surface area (Å²) >= 11 is 0. The van der Waals surface area contributed by atoms with Crippen LogP contribution in [0.15, 0.2) is 53.5 Å². The summed E-state index contributed by atoms with van der Waals surface area (Å²) in [6, 6.07) is 13.9. The van der Waals surface area contributed by atoms with E-state index in [1.807, 2.05) is 36.4 Å². The molecule has 1 unspecified atom stereocenters. The molecule has 1 aliphatic heterocycles. The average Bonchev–Trinajstić information content (AvgIpc) is 3.02. The van der Waals surface area contributed by atoms with E-state index in [9.17, 15) is 4.79 Å². The van der Waals surface area contributed by atoms with Crippen molar-refractivity contribution in [3.63, 3.8) is 0 Å². The number of nitrogens with one attached hydrogen (secondary N) is 1. The van der Waals surface area contributed by atoms with E-state index in [0.29, 0.717) is 12.2 Å². The highest BCUT2D eigenvalue weighted by Gasteiger charge is 2.26. The van der Waals surface area contributed by atoms with Gasteiger partial charge in [0.05, 0.1) is 19.7 Å². The van der Waals surface area contributed by atoms with E-state index < -0.39 is 0 Å². The minimum Gasteiger partial charge on any atom is -0.496 e. The number of para-hydroxylation sites is 1. The Labute approximate surface area is 151 Å². The third kappa shape index (κ3) is 3.11. The lowest BCUT2D eigenvalue weighted by atomic mass is 10.0. The van der Waals surface area contributed by atoms with Crippen LogP contribution in [0.3, 0.4) is 0 Å². The Morgan fingerprint density at radius 3 is 2.88 bits per heavy atom. The Balaban J connectivity index is 1.55. The maximum Gasteiger partial charge on any atom is 0.350 e. The van der Waals surface area contributed by atoms with Crippen LogP contribution in [0.4, 0.5) is 0 Å². The number of hydrogen-bond acceptors (Lipinski definition) is 5. The van der Waals surface area contributed by atoms with E-state index in [2.05, 4.69) is 21.4 Å². The lowest BCUT2D eigenvalue weighted by Crippen LogP contribution is -2.47. The number of methoxy groups -OCH3 is 1. The fraction of sp³-hybridized carbons (Fsp3) is 0.368. The number of nitrogens with zero attached hydrogens (tertiary/aromatic N) is 4. The second kappa shape index (κ2) is 7.31. The van der Waals surface area contributed by atoms with Crippen molar-refractivity contribution >= 4 is 5.65 Å². The van der Waals surface area contributed by atoms with Crippen molar-refractivity contribution in [2.75, 3.05) is 33.3 Å². The minimum atomic E-state index is -0.0930. The molecule has 3 aromatic rings. The first-order valence-electron chi connectivity index (χ1n) is 8.90. The third-order valence-electron chi connectivity index (χ3n) is 4.94. The normalized spacial score (nSPS) is 18.3.